The Hall–Kier alpha value is -0.300. The number of benzene rings is 1. The second-order valence-corrected chi connectivity index (χ2v) is 3.41. The normalized spacial score (nSPS) is 8.75. The van der Waals surface area contributed by atoms with Crippen molar-refractivity contribution in [2.75, 3.05) is 0 Å². The van der Waals surface area contributed by atoms with E-state index in [0.717, 1.165) is 6.42 Å². The van der Waals surface area contributed by atoms with Crippen molar-refractivity contribution in [2.24, 2.45) is 0 Å². The molecule has 0 amide bonds. The van der Waals surface area contributed by atoms with Gasteiger partial charge in [-0.1, -0.05) is 42.8 Å². The van der Waals surface area contributed by atoms with Gasteiger partial charge in [0.05, 0.1) is 0 Å². The minimum atomic E-state index is 1.11. The average molecular weight is 229 g/mol. The molecule has 1 rings (SSSR count). The Kier molecular flexibility index (Phi) is 6.09. The van der Waals surface area contributed by atoms with Gasteiger partial charge in [0.25, 0.3) is 0 Å². The topological polar surface area (TPSA) is 0 Å². The van der Waals surface area contributed by atoms with Gasteiger partial charge in [0.15, 0.2) is 0 Å². The van der Waals surface area contributed by atoms with E-state index in [9.17, 15) is 0 Å². The molecule has 68 valence electrons. The van der Waals surface area contributed by atoms with Gasteiger partial charge in [0.2, 0.25) is 0 Å². The van der Waals surface area contributed by atoms with Crippen LogP contribution in [0.3, 0.4) is 0 Å². The quantitative estimate of drug-likeness (QED) is 0.671. The lowest BCUT2D eigenvalue weighted by Gasteiger charge is -1.99. The monoisotopic (exact) mass is 228 g/mol. The molecule has 0 aliphatic carbocycles. The molecule has 1 aromatic rings. The van der Waals surface area contributed by atoms with Crippen molar-refractivity contribution in [1.82, 2.24) is 0 Å². The van der Waals surface area contributed by atoms with E-state index in [2.05, 4.69) is 48.0 Å². The Morgan fingerprint density at radius 2 is 1.75 bits per heavy atom. The summed E-state index contributed by atoms with van der Waals surface area (Å²) in [6.07, 6.45) is 1.11. The molecule has 0 spiro atoms. The molecule has 1 heteroatoms. The van der Waals surface area contributed by atoms with E-state index in [-0.39, 0.29) is 0 Å². The van der Waals surface area contributed by atoms with E-state index in [1.165, 1.54) is 15.6 Å². The molecular weight excluding hydrogens is 212 g/mol. The summed E-state index contributed by atoms with van der Waals surface area (Å²) < 4.78 is 1.18. The van der Waals surface area contributed by atoms with Crippen molar-refractivity contribution in [2.45, 2.75) is 34.1 Å². The number of halogens is 1. The van der Waals surface area contributed by atoms with E-state index in [1.54, 1.807) is 0 Å². The highest BCUT2D eigenvalue weighted by molar-refractivity contribution is 9.10. The average Bonchev–Trinajstić information content (AvgIpc) is 2.06. The van der Waals surface area contributed by atoms with E-state index < -0.39 is 0 Å². The molecule has 0 bridgehead atoms. The molecule has 0 aliphatic rings. The summed E-state index contributed by atoms with van der Waals surface area (Å²) in [5.74, 6) is 0. The third kappa shape index (κ3) is 3.91. The zero-order valence-electron chi connectivity index (χ0n) is 8.32. The fourth-order valence-corrected chi connectivity index (χ4v) is 1.67. The second kappa shape index (κ2) is 6.24. The molecule has 12 heavy (non-hydrogen) atoms. The highest BCUT2D eigenvalue weighted by Crippen LogP contribution is 2.15. The molecule has 0 aliphatic heterocycles. The van der Waals surface area contributed by atoms with Gasteiger partial charge in [-0.2, -0.15) is 0 Å². The summed E-state index contributed by atoms with van der Waals surface area (Å²) >= 11 is 3.45. The number of aryl methyl sites for hydroxylation is 2. The highest BCUT2D eigenvalue weighted by atomic mass is 79.9. The number of hydrogen-bond acceptors (Lipinski definition) is 0. The van der Waals surface area contributed by atoms with E-state index in [1.807, 2.05) is 13.8 Å². The molecule has 0 heterocycles. The fraction of sp³-hybridized carbons (Fsp3) is 0.455. The molecule has 0 atom stereocenters. The summed E-state index contributed by atoms with van der Waals surface area (Å²) in [7, 11) is 0. The molecule has 1 aromatic carbocycles. The Labute approximate surface area is 84.1 Å². The zero-order chi connectivity index (χ0) is 9.56. The van der Waals surface area contributed by atoms with Crippen LogP contribution in [-0.4, -0.2) is 0 Å². The van der Waals surface area contributed by atoms with E-state index >= 15 is 0 Å². The standard InChI is InChI=1S/C9H11Br.C2H6/c1-3-8-4-7(2)5-9(10)6-8;1-2/h4-6H,3H2,1-2H3;1-2H3. The summed E-state index contributed by atoms with van der Waals surface area (Å²) in [6.45, 7) is 8.28. The molecule has 0 radical (unpaired) electrons. The molecular formula is C11H17Br. The maximum absolute atomic E-state index is 3.45. The Balaban J connectivity index is 0.000000561. The van der Waals surface area contributed by atoms with Crippen LogP contribution in [0.1, 0.15) is 31.9 Å². The van der Waals surface area contributed by atoms with Gasteiger partial charge in [-0.25, -0.2) is 0 Å². The third-order valence-corrected chi connectivity index (χ3v) is 1.97. The summed E-state index contributed by atoms with van der Waals surface area (Å²) in [5.41, 5.74) is 2.72. The maximum Gasteiger partial charge on any atom is 0.0180 e. The number of hydrogen-bond donors (Lipinski definition) is 0. The van der Waals surface area contributed by atoms with Crippen LogP contribution < -0.4 is 0 Å². The van der Waals surface area contributed by atoms with Crippen LogP contribution in [0.25, 0.3) is 0 Å². The summed E-state index contributed by atoms with van der Waals surface area (Å²) in [6, 6.07) is 6.50. The van der Waals surface area contributed by atoms with Gasteiger partial charge in [0.1, 0.15) is 0 Å². The van der Waals surface area contributed by atoms with Crippen LogP contribution in [-0.2, 0) is 6.42 Å². The van der Waals surface area contributed by atoms with Crippen LogP contribution in [0.5, 0.6) is 0 Å². The lowest BCUT2D eigenvalue weighted by Crippen LogP contribution is -1.81. The SMILES string of the molecule is CC.CCc1cc(C)cc(Br)c1. The first-order valence-electron chi connectivity index (χ1n) is 4.48. The van der Waals surface area contributed by atoms with Crippen LogP contribution >= 0.6 is 15.9 Å². The van der Waals surface area contributed by atoms with Crippen LogP contribution in [0.15, 0.2) is 22.7 Å². The molecule has 0 nitrogen and oxygen atoms in total. The largest absolute Gasteiger partial charge is 0.0683 e. The fourth-order valence-electron chi connectivity index (χ4n) is 1.02. The first-order valence-corrected chi connectivity index (χ1v) is 5.27. The van der Waals surface area contributed by atoms with Gasteiger partial charge in [0, 0.05) is 4.47 Å². The van der Waals surface area contributed by atoms with Crippen molar-refractivity contribution < 1.29 is 0 Å². The van der Waals surface area contributed by atoms with E-state index in [0.29, 0.717) is 0 Å². The minimum absolute atomic E-state index is 1.11. The Morgan fingerprint density at radius 3 is 2.17 bits per heavy atom. The second-order valence-electron chi connectivity index (χ2n) is 2.49. The summed E-state index contributed by atoms with van der Waals surface area (Å²) in [4.78, 5) is 0. The van der Waals surface area contributed by atoms with Crippen molar-refractivity contribution >= 4 is 15.9 Å². The molecule has 0 unspecified atom stereocenters. The third-order valence-electron chi connectivity index (χ3n) is 1.51. The van der Waals surface area contributed by atoms with Crippen molar-refractivity contribution in [1.29, 1.82) is 0 Å². The summed E-state index contributed by atoms with van der Waals surface area (Å²) in [5, 5.41) is 0. The van der Waals surface area contributed by atoms with Crippen LogP contribution in [0.2, 0.25) is 0 Å². The van der Waals surface area contributed by atoms with Gasteiger partial charge >= 0.3 is 0 Å². The van der Waals surface area contributed by atoms with Crippen molar-refractivity contribution in [3.05, 3.63) is 33.8 Å². The molecule has 0 saturated carbocycles. The lowest BCUT2D eigenvalue weighted by molar-refractivity contribution is 1.13. The van der Waals surface area contributed by atoms with Gasteiger partial charge < -0.3 is 0 Å². The van der Waals surface area contributed by atoms with Gasteiger partial charge in [-0.3, -0.25) is 0 Å². The van der Waals surface area contributed by atoms with Crippen LogP contribution in [0.4, 0.5) is 0 Å². The first kappa shape index (κ1) is 11.7. The molecule has 0 N–H and O–H groups in total. The van der Waals surface area contributed by atoms with E-state index in [4.69, 9.17) is 0 Å². The Bertz CT molecular complexity index is 208. The smallest absolute Gasteiger partial charge is 0.0180 e. The van der Waals surface area contributed by atoms with Crippen LogP contribution in [0, 0.1) is 6.92 Å². The first-order chi connectivity index (χ1) is 5.72. The maximum atomic E-state index is 3.45. The minimum Gasteiger partial charge on any atom is -0.0683 e. The lowest BCUT2D eigenvalue weighted by atomic mass is 10.1. The van der Waals surface area contributed by atoms with Crippen molar-refractivity contribution in [3.63, 3.8) is 0 Å². The molecule has 0 aromatic heterocycles. The van der Waals surface area contributed by atoms with Crippen molar-refractivity contribution in [3.8, 4) is 0 Å². The molecule has 0 saturated heterocycles. The molecule has 0 fully saturated rings. The highest BCUT2D eigenvalue weighted by Gasteiger charge is 1.92. The Morgan fingerprint density at radius 1 is 1.17 bits per heavy atom. The van der Waals surface area contributed by atoms with Gasteiger partial charge in [-0.05, 0) is 36.6 Å². The predicted octanol–water partition coefficient (Wildman–Crippen LogP) is 4.35. The zero-order valence-corrected chi connectivity index (χ0v) is 9.90. The predicted molar refractivity (Wildman–Crippen MR) is 59.6 cm³/mol. The van der Waals surface area contributed by atoms with Gasteiger partial charge in [-0.15, -0.1) is 0 Å². The number of rotatable bonds is 1.